The van der Waals surface area contributed by atoms with Gasteiger partial charge in [0.15, 0.2) is 0 Å². The molecule has 2 rings (SSSR count). The molecule has 0 bridgehead atoms. The van der Waals surface area contributed by atoms with E-state index in [-0.39, 0.29) is 12.4 Å². The lowest BCUT2D eigenvalue weighted by Crippen LogP contribution is -2.32. The summed E-state index contributed by atoms with van der Waals surface area (Å²) in [5.74, 6) is 0.959. The number of aryl methyl sites for hydroxylation is 2. The van der Waals surface area contributed by atoms with Crippen LogP contribution in [-0.4, -0.2) is 36.2 Å². The van der Waals surface area contributed by atoms with E-state index in [1.54, 1.807) is 0 Å². The first kappa shape index (κ1) is 15.5. The van der Waals surface area contributed by atoms with Crippen LogP contribution in [0.2, 0.25) is 0 Å². The largest absolute Gasteiger partial charge is 0.361 e. The fourth-order valence-corrected chi connectivity index (χ4v) is 2.55. The fraction of sp³-hybridized carbons (Fsp3) is 0.769. The Morgan fingerprint density at radius 1 is 1.33 bits per heavy atom. The molecule has 1 fully saturated rings. The Morgan fingerprint density at radius 2 is 2.11 bits per heavy atom. The Kier molecular flexibility index (Phi) is 6.12. The second-order valence-electron chi connectivity index (χ2n) is 5.05. The van der Waals surface area contributed by atoms with E-state index in [1.807, 2.05) is 13.8 Å². The molecule has 0 spiro atoms. The average molecular weight is 274 g/mol. The number of nitrogens with one attached hydrogen (secondary N) is 1. The standard InChI is InChI=1S/C13H23N3O.ClH/c1-10-13(11(2)17-15-10)9-16(3)12-5-4-7-14-8-6-12;/h12,14H,4-9H2,1-3H3;1H. The number of halogens is 1. The van der Waals surface area contributed by atoms with Crippen molar-refractivity contribution in [3.63, 3.8) is 0 Å². The fourth-order valence-electron chi connectivity index (χ4n) is 2.55. The molecule has 1 aromatic rings. The Balaban J connectivity index is 0.00000162. The van der Waals surface area contributed by atoms with Gasteiger partial charge in [-0.1, -0.05) is 5.16 Å². The van der Waals surface area contributed by atoms with Gasteiger partial charge in [0.25, 0.3) is 0 Å². The summed E-state index contributed by atoms with van der Waals surface area (Å²) in [4.78, 5) is 2.44. The third-order valence-corrected chi connectivity index (χ3v) is 3.76. The van der Waals surface area contributed by atoms with Crippen LogP contribution in [0, 0.1) is 13.8 Å². The molecule has 1 saturated heterocycles. The zero-order chi connectivity index (χ0) is 12.3. The van der Waals surface area contributed by atoms with Crippen LogP contribution in [0.5, 0.6) is 0 Å². The van der Waals surface area contributed by atoms with E-state index in [1.165, 1.54) is 24.8 Å². The molecule has 4 nitrogen and oxygen atoms in total. The van der Waals surface area contributed by atoms with E-state index < -0.39 is 0 Å². The second kappa shape index (κ2) is 7.12. The topological polar surface area (TPSA) is 41.3 Å². The minimum atomic E-state index is 0. The minimum Gasteiger partial charge on any atom is -0.361 e. The van der Waals surface area contributed by atoms with Crippen LogP contribution in [0.4, 0.5) is 0 Å². The third-order valence-electron chi connectivity index (χ3n) is 3.76. The van der Waals surface area contributed by atoms with Crippen LogP contribution in [0.1, 0.15) is 36.3 Å². The monoisotopic (exact) mass is 273 g/mol. The lowest BCUT2D eigenvalue weighted by molar-refractivity contribution is 0.215. The molecule has 0 aromatic carbocycles. The predicted octanol–water partition coefficient (Wildman–Crippen LogP) is 2.29. The molecule has 1 unspecified atom stereocenters. The highest BCUT2D eigenvalue weighted by Crippen LogP contribution is 2.19. The van der Waals surface area contributed by atoms with Gasteiger partial charge in [0.2, 0.25) is 0 Å². The summed E-state index contributed by atoms with van der Waals surface area (Å²) in [6, 6.07) is 0.679. The highest BCUT2D eigenvalue weighted by Gasteiger charge is 2.19. The summed E-state index contributed by atoms with van der Waals surface area (Å²) in [6.07, 6.45) is 3.79. The molecular weight excluding hydrogens is 250 g/mol. The predicted molar refractivity (Wildman–Crippen MR) is 75.2 cm³/mol. The quantitative estimate of drug-likeness (QED) is 0.918. The maximum atomic E-state index is 5.22. The molecule has 0 amide bonds. The van der Waals surface area contributed by atoms with Gasteiger partial charge in [-0.15, -0.1) is 12.4 Å². The number of hydrogen-bond donors (Lipinski definition) is 1. The number of nitrogens with zero attached hydrogens (tertiary/aromatic N) is 2. The summed E-state index contributed by atoms with van der Waals surface area (Å²) in [5, 5.41) is 7.48. The molecule has 0 aliphatic carbocycles. The highest BCUT2D eigenvalue weighted by atomic mass is 35.5. The molecule has 0 saturated carbocycles. The molecule has 1 aromatic heterocycles. The van der Waals surface area contributed by atoms with E-state index >= 15 is 0 Å². The first-order valence-corrected chi connectivity index (χ1v) is 6.51. The van der Waals surface area contributed by atoms with Crippen molar-refractivity contribution in [2.24, 2.45) is 0 Å². The first-order chi connectivity index (χ1) is 8.18. The summed E-state index contributed by atoms with van der Waals surface area (Å²) in [5.41, 5.74) is 2.28. The number of aromatic nitrogens is 1. The number of rotatable bonds is 3. The molecule has 0 radical (unpaired) electrons. The molecule has 2 heterocycles. The smallest absolute Gasteiger partial charge is 0.138 e. The summed E-state index contributed by atoms with van der Waals surface area (Å²) < 4.78 is 5.22. The van der Waals surface area contributed by atoms with Gasteiger partial charge in [-0.3, -0.25) is 4.90 Å². The van der Waals surface area contributed by atoms with Crippen molar-refractivity contribution in [2.45, 2.75) is 45.7 Å². The van der Waals surface area contributed by atoms with Crippen LogP contribution in [-0.2, 0) is 6.54 Å². The summed E-state index contributed by atoms with van der Waals surface area (Å²) in [7, 11) is 2.21. The van der Waals surface area contributed by atoms with Crippen molar-refractivity contribution in [2.75, 3.05) is 20.1 Å². The van der Waals surface area contributed by atoms with E-state index in [2.05, 4.69) is 22.4 Å². The lowest BCUT2D eigenvalue weighted by atomic mass is 10.1. The van der Waals surface area contributed by atoms with Crippen molar-refractivity contribution in [1.29, 1.82) is 0 Å². The molecular formula is C13H24ClN3O. The summed E-state index contributed by atoms with van der Waals surface area (Å²) >= 11 is 0. The zero-order valence-corrected chi connectivity index (χ0v) is 12.3. The van der Waals surface area contributed by atoms with Gasteiger partial charge in [-0.05, 0) is 53.2 Å². The van der Waals surface area contributed by atoms with Crippen LogP contribution in [0.25, 0.3) is 0 Å². The molecule has 1 N–H and O–H groups in total. The molecule has 5 heteroatoms. The van der Waals surface area contributed by atoms with Crippen molar-refractivity contribution < 1.29 is 4.52 Å². The maximum Gasteiger partial charge on any atom is 0.138 e. The first-order valence-electron chi connectivity index (χ1n) is 6.51. The molecule has 104 valence electrons. The van der Waals surface area contributed by atoms with Gasteiger partial charge in [0, 0.05) is 18.2 Å². The van der Waals surface area contributed by atoms with E-state index in [4.69, 9.17) is 4.52 Å². The van der Waals surface area contributed by atoms with Crippen LogP contribution >= 0.6 is 12.4 Å². The second-order valence-corrected chi connectivity index (χ2v) is 5.05. The van der Waals surface area contributed by atoms with Gasteiger partial charge in [0.05, 0.1) is 5.69 Å². The van der Waals surface area contributed by atoms with Gasteiger partial charge in [0.1, 0.15) is 5.76 Å². The minimum absolute atomic E-state index is 0. The van der Waals surface area contributed by atoms with Gasteiger partial charge in [-0.25, -0.2) is 0 Å². The van der Waals surface area contributed by atoms with E-state index in [0.717, 1.165) is 31.1 Å². The summed E-state index contributed by atoms with van der Waals surface area (Å²) in [6.45, 7) is 7.27. The van der Waals surface area contributed by atoms with Crippen molar-refractivity contribution in [3.8, 4) is 0 Å². The Bertz CT molecular complexity index is 340. The lowest BCUT2D eigenvalue weighted by Gasteiger charge is -2.26. The Morgan fingerprint density at radius 3 is 2.78 bits per heavy atom. The third kappa shape index (κ3) is 3.70. The Hall–Kier alpha value is -0.580. The van der Waals surface area contributed by atoms with Gasteiger partial charge in [-0.2, -0.15) is 0 Å². The van der Waals surface area contributed by atoms with Crippen LogP contribution in [0.15, 0.2) is 4.52 Å². The van der Waals surface area contributed by atoms with Gasteiger partial charge < -0.3 is 9.84 Å². The van der Waals surface area contributed by atoms with E-state index in [0.29, 0.717) is 6.04 Å². The van der Waals surface area contributed by atoms with E-state index in [9.17, 15) is 0 Å². The zero-order valence-electron chi connectivity index (χ0n) is 11.5. The average Bonchev–Trinajstić information content (AvgIpc) is 2.59. The Labute approximate surface area is 116 Å². The number of hydrogen-bond acceptors (Lipinski definition) is 4. The molecule has 1 aliphatic heterocycles. The molecule has 1 atom stereocenters. The van der Waals surface area contributed by atoms with Crippen molar-refractivity contribution in [3.05, 3.63) is 17.0 Å². The van der Waals surface area contributed by atoms with Crippen molar-refractivity contribution >= 4 is 12.4 Å². The maximum absolute atomic E-state index is 5.22. The SMILES string of the molecule is Cc1noc(C)c1CN(C)C1CCCNCC1.Cl. The van der Waals surface area contributed by atoms with Crippen LogP contribution < -0.4 is 5.32 Å². The van der Waals surface area contributed by atoms with Crippen molar-refractivity contribution in [1.82, 2.24) is 15.4 Å². The highest BCUT2D eigenvalue weighted by molar-refractivity contribution is 5.85. The van der Waals surface area contributed by atoms with Crippen LogP contribution in [0.3, 0.4) is 0 Å². The molecule has 18 heavy (non-hydrogen) atoms. The van der Waals surface area contributed by atoms with Gasteiger partial charge >= 0.3 is 0 Å². The molecule has 1 aliphatic rings. The normalized spacial score (nSPS) is 20.6.